The predicted molar refractivity (Wildman–Crippen MR) is 118 cm³/mol. The molecule has 4 aromatic rings. The number of para-hydroxylation sites is 1. The van der Waals surface area contributed by atoms with E-state index in [1.807, 2.05) is 48.5 Å². The second kappa shape index (κ2) is 9.13. The zero-order valence-corrected chi connectivity index (χ0v) is 17.3. The van der Waals surface area contributed by atoms with E-state index in [1.54, 1.807) is 49.6 Å². The summed E-state index contributed by atoms with van der Waals surface area (Å²) in [6.45, 7) is 0.382. The predicted octanol–water partition coefficient (Wildman–Crippen LogP) is 3.88. The molecule has 0 aliphatic carbocycles. The maximum atomic E-state index is 13.2. The Kier molecular flexibility index (Phi) is 5.93. The molecule has 2 aromatic heterocycles. The van der Waals surface area contributed by atoms with Crippen LogP contribution in [0.25, 0.3) is 16.9 Å². The zero-order valence-electron chi connectivity index (χ0n) is 17.3. The number of rotatable bonds is 7. The SMILES string of the molecule is COc1ccc(OC)c(-c2nn(-c3ccccc3)cc2C(=O)NCc2ccncc2)c1. The van der Waals surface area contributed by atoms with Crippen molar-refractivity contribution in [1.82, 2.24) is 20.1 Å². The molecule has 0 saturated carbocycles. The van der Waals surface area contributed by atoms with Crippen molar-refractivity contribution in [3.8, 4) is 28.4 Å². The Morgan fingerprint density at radius 3 is 2.48 bits per heavy atom. The molecule has 7 heteroatoms. The number of pyridine rings is 1. The molecule has 0 aliphatic rings. The van der Waals surface area contributed by atoms with E-state index in [9.17, 15) is 4.79 Å². The van der Waals surface area contributed by atoms with Crippen LogP contribution in [0.4, 0.5) is 0 Å². The number of ether oxygens (including phenoxy) is 2. The zero-order chi connectivity index (χ0) is 21.6. The molecular formula is C24H22N4O3. The van der Waals surface area contributed by atoms with Crippen LogP contribution in [0.2, 0.25) is 0 Å². The van der Waals surface area contributed by atoms with E-state index in [-0.39, 0.29) is 5.91 Å². The Morgan fingerprint density at radius 2 is 1.77 bits per heavy atom. The molecule has 1 amide bonds. The van der Waals surface area contributed by atoms with Crippen molar-refractivity contribution < 1.29 is 14.3 Å². The third-order valence-corrected chi connectivity index (χ3v) is 4.84. The molecule has 7 nitrogen and oxygen atoms in total. The van der Waals surface area contributed by atoms with Crippen LogP contribution in [0.15, 0.2) is 79.3 Å². The van der Waals surface area contributed by atoms with Crippen molar-refractivity contribution in [3.63, 3.8) is 0 Å². The second-order valence-corrected chi connectivity index (χ2v) is 6.78. The Morgan fingerprint density at radius 1 is 1.00 bits per heavy atom. The van der Waals surface area contributed by atoms with Gasteiger partial charge in [0.1, 0.15) is 17.2 Å². The average molecular weight is 414 g/mol. The van der Waals surface area contributed by atoms with Crippen molar-refractivity contribution in [3.05, 3.63) is 90.4 Å². The van der Waals surface area contributed by atoms with E-state index in [1.165, 1.54) is 0 Å². The summed E-state index contributed by atoms with van der Waals surface area (Å²) in [5.41, 5.74) is 3.42. The summed E-state index contributed by atoms with van der Waals surface area (Å²) < 4.78 is 12.6. The van der Waals surface area contributed by atoms with Crippen molar-refractivity contribution in [2.75, 3.05) is 14.2 Å². The van der Waals surface area contributed by atoms with E-state index in [4.69, 9.17) is 14.6 Å². The first-order valence-electron chi connectivity index (χ1n) is 9.74. The highest BCUT2D eigenvalue weighted by atomic mass is 16.5. The van der Waals surface area contributed by atoms with Crippen LogP contribution in [0.1, 0.15) is 15.9 Å². The first-order chi connectivity index (χ1) is 15.2. The molecule has 156 valence electrons. The number of amides is 1. The quantitative estimate of drug-likeness (QED) is 0.497. The maximum absolute atomic E-state index is 13.2. The average Bonchev–Trinajstić information content (AvgIpc) is 3.29. The molecule has 2 heterocycles. The number of carbonyl (C=O) groups excluding carboxylic acids is 1. The Balaban J connectivity index is 1.76. The van der Waals surface area contributed by atoms with Gasteiger partial charge in [-0.25, -0.2) is 4.68 Å². The van der Waals surface area contributed by atoms with Gasteiger partial charge in [0, 0.05) is 30.7 Å². The summed E-state index contributed by atoms with van der Waals surface area (Å²) >= 11 is 0. The molecule has 1 N–H and O–H groups in total. The van der Waals surface area contributed by atoms with Crippen molar-refractivity contribution in [1.29, 1.82) is 0 Å². The van der Waals surface area contributed by atoms with Gasteiger partial charge in [0.2, 0.25) is 0 Å². The van der Waals surface area contributed by atoms with E-state index in [0.717, 1.165) is 11.3 Å². The fraction of sp³-hybridized carbons (Fsp3) is 0.125. The number of hydrogen-bond donors (Lipinski definition) is 1. The van der Waals surface area contributed by atoms with Crippen molar-refractivity contribution in [2.24, 2.45) is 0 Å². The second-order valence-electron chi connectivity index (χ2n) is 6.78. The summed E-state index contributed by atoms with van der Waals surface area (Å²) in [5.74, 6) is 1.01. The number of carbonyl (C=O) groups is 1. The van der Waals surface area contributed by atoms with Gasteiger partial charge < -0.3 is 14.8 Å². The summed E-state index contributed by atoms with van der Waals surface area (Å²) in [4.78, 5) is 17.2. The highest BCUT2D eigenvalue weighted by molar-refractivity contribution is 6.00. The largest absolute Gasteiger partial charge is 0.497 e. The third-order valence-electron chi connectivity index (χ3n) is 4.84. The molecule has 4 rings (SSSR count). The third kappa shape index (κ3) is 4.40. The van der Waals surface area contributed by atoms with Crippen LogP contribution in [-0.4, -0.2) is 34.9 Å². The topological polar surface area (TPSA) is 78.3 Å². The van der Waals surface area contributed by atoms with Gasteiger partial charge in [-0.05, 0) is 48.0 Å². The van der Waals surface area contributed by atoms with E-state index in [2.05, 4.69) is 10.3 Å². The summed E-state index contributed by atoms with van der Waals surface area (Å²) in [6, 6.07) is 18.8. The van der Waals surface area contributed by atoms with Gasteiger partial charge in [0.05, 0.1) is 25.5 Å². The minimum Gasteiger partial charge on any atom is -0.497 e. The van der Waals surface area contributed by atoms with Crippen molar-refractivity contribution >= 4 is 5.91 Å². The molecule has 0 fully saturated rings. The molecule has 0 radical (unpaired) electrons. The fourth-order valence-corrected chi connectivity index (χ4v) is 3.23. The van der Waals surface area contributed by atoms with Gasteiger partial charge in [-0.1, -0.05) is 18.2 Å². The lowest BCUT2D eigenvalue weighted by atomic mass is 10.1. The Labute approximate surface area is 180 Å². The van der Waals surface area contributed by atoms with Gasteiger partial charge in [-0.3, -0.25) is 9.78 Å². The molecule has 0 bridgehead atoms. The van der Waals surface area contributed by atoms with E-state index in [0.29, 0.717) is 34.9 Å². The van der Waals surface area contributed by atoms with Crippen molar-refractivity contribution in [2.45, 2.75) is 6.54 Å². The smallest absolute Gasteiger partial charge is 0.255 e. The van der Waals surface area contributed by atoms with Crippen LogP contribution >= 0.6 is 0 Å². The maximum Gasteiger partial charge on any atom is 0.255 e. The minimum absolute atomic E-state index is 0.237. The van der Waals surface area contributed by atoms with Crippen LogP contribution in [0, 0.1) is 0 Å². The normalized spacial score (nSPS) is 10.5. The fourth-order valence-electron chi connectivity index (χ4n) is 3.23. The van der Waals surface area contributed by atoms with Crippen LogP contribution in [-0.2, 0) is 6.54 Å². The highest BCUT2D eigenvalue weighted by Crippen LogP contribution is 2.35. The molecule has 0 atom stereocenters. The number of benzene rings is 2. The van der Waals surface area contributed by atoms with Gasteiger partial charge in [0.25, 0.3) is 5.91 Å². The molecular weight excluding hydrogens is 392 g/mol. The number of methoxy groups -OCH3 is 2. The molecule has 2 aromatic carbocycles. The van der Waals surface area contributed by atoms with Gasteiger partial charge in [0.15, 0.2) is 0 Å². The lowest BCUT2D eigenvalue weighted by Gasteiger charge is -2.10. The van der Waals surface area contributed by atoms with Gasteiger partial charge in [-0.15, -0.1) is 0 Å². The standard InChI is InChI=1S/C24H22N4O3/c1-30-19-8-9-22(31-2)20(14-19)23-21(16-28(27-23)18-6-4-3-5-7-18)24(29)26-15-17-10-12-25-13-11-17/h3-14,16H,15H2,1-2H3,(H,26,29). The highest BCUT2D eigenvalue weighted by Gasteiger charge is 2.22. The monoisotopic (exact) mass is 414 g/mol. The lowest BCUT2D eigenvalue weighted by Crippen LogP contribution is -2.23. The molecule has 0 unspecified atom stereocenters. The lowest BCUT2D eigenvalue weighted by molar-refractivity contribution is 0.0951. The number of hydrogen-bond acceptors (Lipinski definition) is 5. The Hall–Kier alpha value is -4.13. The van der Waals surface area contributed by atoms with Crippen LogP contribution in [0.3, 0.4) is 0 Å². The number of nitrogens with one attached hydrogen (secondary N) is 1. The summed E-state index contributed by atoms with van der Waals surface area (Å²) in [7, 11) is 3.18. The molecule has 31 heavy (non-hydrogen) atoms. The van der Waals surface area contributed by atoms with E-state index >= 15 is 0 Å². The van der Waals surface area contributed by atoms with Gasteiger partial charge >= 0.3 is 0 Å². The number of aromatic nitrogens is 3. The number of nitrogens with zero attached hydrogens (tertiary/aromatic N) is 3. The first-order valence-corrected chi connectivity index (χ1v) is 9.74. The Bertz CT molecular complexity index is 1170. The minimum atomic E-state index is -0.237. The van der Waals surface area contributed by atoms with E-state index < -0.39 is 0 Å². The molecule has 0 spiro atoms. The van der Waals surface area contributed by atoms with Crippen LogP contribution < -0.4 is 14.8 Å². The molecule has 0 aliphatic heterocycles. The summed E-state index contributed by atoms with van der Waals surface area (Å²) in [6.07, 6.45) is 5.12. The molecule has 0 saturated heterocycles. The summed E-state index contributed by atoms with van der Waals surface area (Å²) in [5, 5.41) is 7.69. The first kappa shape index (κ1) is 20.2. The van der Waals surface area contributed by atoms with Crippen LogP contribution in [0.5, 0.6) is 11.5 Å². The van der Waals surface area contributed by atoms with Gasteiger partial charge in [-0.2, -0.15) is 5.10 Å².